The Morgan fingerprint density at radius 3 is 2.38 bits per heavy atom. The molecule has 0 fully saturated rings. The highest BCUT2D eigenvalue weighted by Gasteiger charge is 2.28. The largest absolute Gasteiger partial charge is 0.484 e. The third kappa shape index (κ3) is 5.97. The van der Waals surface area contributed by atoms with E-state index in [2.05, 4.69) is 21.2 Å². The molecule has 2 rings (SSSR count). The smallest absolute Gasteiger partial charge is 0.261 e. The molecule has 0 aliphatic carbocycles. The van der Waals surface area contributed by atoms with Gasteiger partial charge in [0.25, 0.3) is 5.91 Å². The minimum absolute atomic E-state index is 0.168. The molecule has 0 saturated carbocycles. The molecule has 0 aliphatic heterocycles. The molecular formula is C22H26BrClN2O3. The Morgan fingerprint density at radius 1 is 1.21 bits per heavy atom. The number of halogens is 2. The summed E-state index contributed by atoms with van der Waals surface area (Å²) < 4.78 is 6.78. The van der Waals surface area contributed by atoms with Gasteiger partial charge in [-0.05, 0) is 55.2 Å². The lowest BCUT2D eigenvalue weighted by Crippen LogP contribution is -2.49. The first-order valence-electron chi connectivity index (χ1n) is 9.42. The van der Waals surface area contributed by atoms with Crippen LogP contribution >= 0.6 is 27.5 Å². The maximum Gasteiger partial charge on any atom is 0.261 e. The van der Waals surface area contributed by atoms with Gasteiger partial charge in [0.1, 0.15) is 11.8 Å². The van der Waals surface area contributed by atoms with E-state index in [1.165, 1.54) is 4.90 Å². The van der Waals surface area contributed by atoms with Gasteiger partial charge in [-0.15, -0.1) is 0 Å². The SMILES string of the molecule is CCC(C(=O)NC)N(Cc1ccccc1Cl)C(=O)COc1cc(C)c(Br)c(C)c1. The van der Waals surface area contributed by atoms with Gasteiger partial charge in [0.15, 0.2) is 6.61 Å². The van der Waals surface area contributed by atoms with E-state index >= 15 is 0 Å². The number of likely N-dealkylation sites (N-methyl/N-ethyl adjacent to an activating group) is 1. The molecule has 0 radical (unpaired) electrons. The molecule has 2 aromatic rings. The predicted molar refractivity (Wildman–Crippen MR) is 119 cm³/mol. The first-order valence-corrected chi connectivity index (χ1v) is 10.6. The Hall–Kier alpha value is -2.05. The van der Waals surface area contributed by atoms with Crippen LogP contribution < -0.4 is 10.1 Å². The molecule has 0 aromatic heterocycles. The fourth-order valence-corrected chi connectivity index (χ4v) is 3.54. The van der Waals surface area contributed by atoms with Gasteiger partial charge >= 0.3 is 0 Å². The van der Waals surface area contributed by atoms with E-state index in [1.54, 1.807) is 13.1 Å². The van der Waals surface area contributed by atoms with Crippen molar-refractivity contribution in [2.75, 3.05) is 13.7 Å². The molecule has 2 aromatic carbocycles. The molecule has 0 aliphatic rings. The maximum absolute atomic E-state index is 13.1. The van der Waals surface area contributed by atoms with Crippen LogP contribution in [0.3, 0.4) is 0 Å². The van der Waals surface area contributed by atoms with Crippen molar-refractivity contribution < 1.29 is 14.3 Å². The molecule has 1 atom stereocenters. The van der Waals surface area contributed by atoms with Gasteiger partial charge in [-0.3, -0.25) is 9.59 Å². The molecule has 1 unspecified atom stereocenters. The van der Waals surface area contributed by atoms with Crippen LogP contribution in [0.25, 0.3) is 0 Å². The van der Waals surface area contributed by atoms with Crippen LogP contribution in [0.15, 0.2) is 40.9 Å². The van der Waals surface area contributed by atoms with E-state index in [0.29, 0.717) is 17.2 Å². The number of benzene rings is 2. The number of hydrogen-bond acceptors (Lipinski definition) is 3. The van der Waals surface area contributed by atoms with Crippen molar-refractivity contribution in [2.24, 2.45) is 0 Å². The number of hydrogen-bond donors (Lipinski definition) is 1. The Labute approximate surface area is 185 Å². The first kappa shape index (κ1) is 23.2. The number of ether oxygens (including phenoxy) is 1. The fourth-order valence-electron chi connectivity index (χ4n) is 3.11. The summed E-state index contributed by atoms with van der Waals surface area (Å²) in [6.45, 7) is 5.86. The van der Waals surface area contributed by atoms with Crippen LogP contribution in [0.2, 0.25) is 5.02 Å². The normalized spacial score (nSPS) is 11.7. The molecule has 0 heterocycles. The third-order valence-corrected chi connectivity index (χ3v) is 6.32. The summed E-state index contributed by atoms with van der Waals surface area (Å²) in [6.07, 6.45) is 0.479. The van der Waals surface area contributed by atoms with E-state index in [0.717, 1.165) is 21.2 Å². The van der Waals surface area contributed by atoms with Gasteiger partial charge in [-0.1, -0.05) is 52.7 Å². The molecule has 5 nitrogen and oxygen atoms in total. The Morgan fingerprint density at radius 2 is 1.83 bits per heavy atom. The minimum atomic E-state index is -0.610. The topological polar surface area (TPSA) is 58.6 Å². The summed E-state index contributed by atoms with van der Waals surface area (Å²) >= 11 is 9.81. The second-order valence-corrected chi connectivity index (χ2v) is 8.01. The average molecular weight is 482 g/mol. The zero-order valence-corrected chi connectivity index (χ0v) is 19.4. The lowest BCUT2D eigenvalue weighted by Gasteiger charge is -2.30. The van der Waals surface area contributed by atoms with Gasteiger partial charge in [0, 0.05) is 23.1 Å². The van der Waals surface area contributed by atoms with Crippen molar-refractivity contribution in [3.63, 3.8) is 0 Å². The van der Waals surface area contributed by atoms with Crippen LogP contribution in [-0.4, -0.2) is 36.4 Å². The minimum Gasteiger partial charge on any atom is -0.484 e. The number of amides is 2. The van der Waals surface area contributed by atoms with Gasteiger partial charge in [0.2, 0.25) is 5.91 Å². The van der Waals surface area contributed by atoms with Crippen molar-refractivity contribution >= 4 is 39.3 Å². The van der Waals surface area contributed by atoms with Gasteiger partial charge < -0.3 is 15.0 Å². The molecular weight excluding hydrogens is 456 g/mol. The molecule has 7 heteroatoms. The van der Waals surface area contributed by atoms with Crippen molar-refractivity contribution in [2.45, 2.75) is 39.8 Å². The Balaban J connectivity index is 2.24. The molecule has 29 heavy (non-hydrogen) atoms. The van der Waals surface area contributed by atoms with E-state index in [9.17, 15) is 9.59 Å². The lowest BCUT2D eigenvalue weighted by molar-refractivity contribution is -0.142. The molecule has 0 spiro atoms. The summed E-state index contributed by atoms with van der Waals surface area (Å²) in [7, 11) is 1.56. The van der Waals surface area contributed by atoms with E-state index in [-0.39, 0.29) is 25.0 Å². The highest BCUT2D eigenvalue weighted by atomic mass is 79.9. The number of carbonyl (C=O) groups excluding carboxylic acids is 2. The molecule has 2 amide bonds. The summed E-state index contributed by atoms with van der Waals surface area (Å²) in [5, 5.41) is 3.19. The van der Waals surface area contributed by atoms with E-state index in [1.807, 2.05) is 51.1 Å². The summed E-state index contributed by atoms with van der Waals surface area (Å²) in [6, 6.07) is 10.4. The highest BCUT2D eigenvalue weighted by Crippen LogP contribution is 2.26. The predicted octanol–water partition coefficient (Wildman–Crippen LogP) is 4.65. The molecule has 0 bridgehead atoms. The second-order valence-electron chi connectivity index (χ2n) is 6.81. The van der Waals surface area contributed by atoms with Gasteiger partial charge in [-0.25, -0.2) is 0 Å². The Bertz CT molecular complexity index is 865. The van der Waals surface area contributed by atoms with Crippen molar-refractivity contribution in [1.82, 2.24) is 10.2 Å². The van der Waals surface area contributed by atoms with Crippen molar-refractivity contribution in [3.8, 4) is 5.75 Å². The number of nitrogens with zero attached hydrogens (tertiary/aromatic N) is 1. The van der Waals surface area contributed by atoms with E-state index in [4.69, 9.17) is 16.3 Å². The van der Waals surface area contributed by atoms with Gasteiger partial charge in [-0.2, -0.15) is 0 Å². The number of rotatable bonds is 8. The van der Waals surface area contributed by atoms with Crippen LogP contribution in [0, 0.1) is 13.8 Å². The number of nitrogens with one attached hydrogen (secondary N) is 1. The maximum atomic E-state index is 13.1. The third-order valence-electron chi connectivity index (χ3n) is 4.70. The summed E-state index contributed by atoms with van der Waals surface area (Å²) in [5.41, 5.74) is 2.83. The monoisotopic (exact) mass is 480 g/mol. The van der Waals surface area contributed by atoms with Crippen LogP contribution in [0.5, 0.6) is 5.75 Å². The summed E-state index contributed by atoms with van der Waals surface area (Å²) in [5.74, 6) is 0.115. The standard InChI is InChI=1S/C22H26BrClN2O3/c1-5-19(22(28)25-4)26(12-16-8-6-7-9-18(16)24)20(27)13-29-17-10-14(2)21(23)15(3)11-17/h6-11,19H,5,12-13H2,1-4H3,(H,25,28). The molecule has 1 N–H and O–H groups in total. The Kier molecular flexibility index (Phi) is 8.53. The zero-order valence-electron chi connectivity index (χ0n) is 17.1. The second kappa shape index (κ2) is 10.6. The quantitative estimate of drug-likeness (QED) is 0.597. The average Bonchev–Trinajstić information content (AvgIpc) is 2.70. The van der Waals surface area contributed by atoms with Gasteiger partial charge in [0.05, 0.1) is 0 Å². The van der Waals surface area contributed by atoms with Crippen LogP contribution in [0.1, 0.15) is 30.0 Å². The number of aryl methyl sites for hydroxylation is 2. The van der Waals surface area contributed by atoms with Crippen LogP contribution in [0.4, 0.5) is 0 Å². The summed E-state index contributed by atoms with van der Waals surface area (Å²) in [4.78, 5) is 27.0. The highest BCUT2D eigenvalue weighted by molar-refractivity contribution is 9.10. The van der Waals surface area contributed by atoms with Crippen LogP contribution in [-0.2, 0) is 16.1 Å². The van der Waals surface area contributed by atoms with Crippen molar-refractivity contribution in [1.29, 1.82) is 0 Å². The van der Waals surface area contributed by atoms with E-state index < -0.39 is 6.04 Å². The number of carbonyl (C=O) groups is 2. The van der Waals surface area contributed by atoms with Crippen molar-refractivity contribution in [3.05, 3.63) is 62.6 Å². The zero-order chi connectivity index (χ0) is 21.6. The fraction of sp³-hybridized carbons (Fsp3) is 0.364. The molecule has 0 saturated heterocycles. The first-order chi connectivity index (χ1) is 13.8. The lowest BCUT2D eigenvalue weighted by atomic mass is 10.1. The molecule has 156 valence electrons.